The van der Waals surface area contributed by atoms with Crippen molar-refractivity contribution < 1.29 is 0 Å². The molecule has 0 saturated heterocycles. The van der Waals surface area contributed by atoms with Crippen molar-refractivity contribution in [2.45, 2.75) is 50.1 Å². The molecule has 1 saturated carbocycles. The molecule has 0 radical (unpaired) electrons. The van der Waals surface area contributed by atoms with Crippen molar-refractivity contribution in [3.05, 3.63) is 46.5 Å². The van der Waals surface area contributed by atoms with Gasteiger partial charge in [0.25, 0.3) is 0 Å². The molecule has 1 fully saturated rings. The van der Waals surface area contributed by atoms with Crippen molar-refractivity contribution in [2.75, 3.05) is 0 Å². The molecule has 2 heteroatoms. The zero-order valence-corrected chi connectivity index (χ0v) is 12.2. The van der Waals surface area contributed by atoms with Crippen LogP contribution >= 0.6 is 15.9 Å². The van der Waals surface area contributed by atoms with Crippen LogP contribution in [0.3, 0.4) is 0 Å². The van der Waals surface area contributed by atoms with E-state index in [2.05, 4.69) is 57.7 Å². The fourth-order valence-electron chi connectivity index (χ4n) is 3.06. The van der Waals surface area contributed by atoms with Gasteiger partial charge in [-0.1, -0.05) is 40.2 Å². The lowest BCUT2D eigenvalue weighted by Crippen LogP contribution is -2.45. The molecule has 0 spiro atoms. The van der Waals surface area contributed by atoms with E-state index in [0.717, 1.165) is 18.0 Å². The van der Waals surface area contributed by atoms with Crippen LogP contribution in [-0.4, -0.2) is 12.1 Å². The average molecular weight is 306 g/mol. The predicted molar refractivity (Wildman–Crippen MR) is 79.8 cm³/mol. The average Bonchev–Trinajstić information content (AvgIpc) is 2.34. The van der Waals surface area contributed by atoms with E-state index in [1.165, 1.54) is 42.1 Å². The van der Waals surface area contributed by atoms with E-state index in [-0.39, 0.29) is 0 Å². The van der Waals surface area contributed by atoms with Gasteiger partial charge in [0.15, 0.2) is 0 Å². The molecular weight excluding hydrogens is 286 g/mol. The van der Waals surface area contributed by atoms with Gasteiger partial charge in [0, 0.05) is 16.6 Å². The van der Waals surface area contributed by atoms with Crippen molar-refractivity contribution in [3.63, 3.8) is 0 Å². The molecule has 0 bridgehead atoms. The summed E-state index contributed by atoms with van der Waals surface area (Å²) in [4.78, 5) is 0. The zero-order chi connectivity index (χ0) is 12.4. The molecule has 0 heterocycles. The Kier molecular flexibility index (Phi) is 3.86. The molecule has 1 aromatic carbocycles. The third kappa shape index (κ3) is 2.86. The molecular formula is C16H20BrN. The number of benzene rings is 1. The molecule has 2 aliphatic rings. The van der Waals surface area contributed by atoms with Gasteiger partial charge in [-0.3, -0.25) is 0 Å². The minimum absolute atomic E-state index is 0.725. The molecule has 2 aliphatic carbocycles. The summed E-state index contributed by atoms with van der Waals surface area (Å²) in [5.41, 5.74) is 1.49. The van der Waals surface area contributed by atoms with Crippen LogP contribution in [0.2, 0.25) is 0 Å². The molecule has 0 amide bonds. The molecule has 1 aromatic rings. The van der Waals surface area contributed by atoms with Crippen LogP contribution in [0.1, 0.15) is 43.6 Å². The Hall–Kier alpha value is -0.600. The summed E-state index contributed by atoms with van der Waals surface area (Å²) < 4.78 is 1.20. The number of halogens is 1. The largest absolute Gasteiger partial charge is 0.311 e. The lowest BCUT2D eigenvalue weighted by atomic mass is 9.75. The van der Waals surface area contributed by atoms with Gasteiger partial charge in [0.05, 0.1) is 0 Å². The molecule has 1 atom stereocenters. The quantitative estimate of drug-likeness (QED) is 0.817. The van der Waals surface area contributed by atoms with E-state index in [9.17, 15) is 0 Å². The monoisotopic (exact) mass is 305 g/mol. The van der Waals surface area contributed by atoms with Crippen molar-refractivity contribution in [2.24, 2.45) is 0 Å². The van der Waals surface area contributed by atoms with Crippen molar-refractivity contribution in [1.82, 2.24) is 5.32 Å². The maximum absolute atomic E-state index is 3.81. The standard InChI is InChI=1S/C16H20BrN/c17-14-6-4-5-12(9-14)13-10-16(11-13)18-15-7-2-1-3-8-15/h1-2,4-6,9,13,15-16,18H,3,7-8,10-11H2. The first-order valence-corrected chi connectivity index (χ1v) is 7.77. The second kappa shape index (κ2) is 5.58. The fourth-order valence-corrected chi connectivity index (χ4v) is 3.48. The highest BCUT2D eigenvalue weighted by molar-refractivity contribution is 9.10. The summed E-state index contributed by atoms with van der Waals surface area (Å²) in [6, 6.07) is 10.2. The van der Waals surface area contributed by atoms with Gasteiger partial charge >= 0.3 is 0 Å². The summed E-state index contributed by atoms with van der Waals surface area (Å²) in [6.45, 7) is 0. The summed E-state index contributed by atoms with van der Waals surface area (Å²) in [7, 11) is 0. The van der Waals surface area contributed by atoms with Crippen LogP contribution in [0.25, 0.3) is 0 Å². The first-order chi connectivity index (χ1) is 8.81. The summed E-state index contributed by atoms with van der Waals surface area (Å²) >= 11 is 3.56. The maximum atomic E-state index is 3.81. The predicted octanol–water partition coefficient (Wildman–Crippen LogP) is 4.39. The summed E-state index contributed by atoms with van der Waals surface area (Å²) in [6.07, 6.45) is 11.0. The van der Waals surface area contributed by atoms with Gasteiger partial charge in [-0.15, -0.1) is 0 Å². The Labute approximate surface area is 118 Å². The van der Waals surface area contributed by atoms with Crippen LogP contribution in [0.5, 0.6) is 0 Å². The van der Waals surface area contributed by atoms with Gasteiger partial charge in [0.1, 0.15) is 0 Å². The minimum atomic E-state index is 0.725. The van der Waals surface area contributed by atoms with E-state index < -0.39 is 0 Å². The lowest BCUT2D eigenvalue weighted by molar-refractivity contribution is 0.257. The SMILES string of the molecule is Brc1cccc(C2CC(NC3CC=CCC3)C2)c1. The Morgan fingerprint density at radius 3 is 2.72 bits per heavy atom. The normalized spacial score (nSPS) is 31.1. The van der Waals surface area contributed by atoms with Gasteiger partial charge in [-0.05, 0) is 55.7 Å². The number of allylic oxidation sites excluding steroid dienone is 1. The second-order valence-electron chi connectivity index (χ2n) is 5.57. The molecule has 3 rings (SSSR count). The Morgan fingerprint density at radius 2 is 2.00 bits per heavy atom. The van der Waals surface area contributed by atoms with Gasteiger partial charge in [0.2, 0.25) is 0 Å². The summed E-state index contributed by atoms with van der Waals surface area (Å²) in [5.74, 6) is 0.763. The van der Waals surface area contributed by atoms with Gasteiger partial charge in [-0.25, -0.2) is 0 Å². The number of hydrogen-bond donors (Lipinski definition) is 1. The lowest BCUT2D eigenvalue weighted by Gasteiger charge is -2.39. The Bertz CT molecular complexity index is 434. The minimum Gasteiger partial charge on any atom is -0.311 e. The Morgan fingerprint density at radius 1 is 1.11 bits per heavy atom. The maximum Gasteiger partial charge on any atom is 0.0178 e. The van der Waals surface area contributed by atoms with Gasteiger partial charge in [-0.2, -0.15) is 0 Å². The highest BCUT2D eigenvalue weighted by atomic mass is 79.9. The summed E-state index contributed by atoms with van der Waals surface area (Å²) in [5, 5.41) is 3.81. The fraction of sp³-hybridized carbons (Fsp3) is 0.500. The third-order valence-electron chi connectivity index (χ3n) is 4.20. The van der Waals surface area contributed by atoms with Crippen molar-refractivity contribution >= 4 is 15.9 Å². The van der Waals surface area contributed by atoms with Crippen LogP contribution in [0.15, 0.2) is 40.9 Å². The second-order valence-corrected chi connectivity index (χ2v) is 6.48. The number of nitrogens with one attached hydrogen (secondary N) is 1. The molecule has 1 nitrogen and oxygen atoms in total. The van der Waals surface area contributed by atoms with E-state index in [1.54, 1.807) is 0 Å². The first-order valence-electron chi connectivity index (χ1n) is 6.98. The van der Waals surface area contributed by atoms with E-state index in [4.69, 9.17) is 0 Å². The Balaban J connectivity index is 1.49. The number of rotatable bonds is 3. The molecule has 1 N–H and O–H groups in total. The zero-order valence-electron chi connectivity index (χ0n) is 10.6. The topological polar surface area (TPSA) is 12.0 Å². The smallest absolute Gasteiger partial charge is 0.0178 e. The first kappa shape index (κ1) is 12.4. The van der Waals surface area contributed by atoms with Crippen molar-refractivity contribution in [3.8, 4) is 0 Å². The van der Waals surface area contributed by atoms with E-state index in [0.29, 0.717) is 0 Å². The highest BCUT2D eigenvalue weighted by Gasteiger charge is 2.31. The molecule has 1 unspecified atom stereocenters. The van der Waals surface area contributed by atoms with E-state index in [1.807, 2.05) is 0 Å². The molecule has 18 heavy (non-hydrogen) atoms. The van der Waals surface area contributed by atoms with Crippen molar-refractivity contribution in [1.29, 1.82) is 0 Å². The van der Waals surface area contributed by atoms with E-state index >= 15 is 0 Å². The highest BCUT2D eigenvalue weighted by Crippen LogP contribution is 2.38. The van der Waals surface area contributed by atoms with Crippen LogP contribution in [-0.2, 0) is 0 Å². The molecule has 96 valence electrons. The van der Waals surface area contributed by atoms with Crippen LogP contribution in [0, 0.1) is 0 Å². The number of hydrogen-bond acceptors (Lipinski definition) is 1. The molecule has 0 aromatic heterocycles. The van der Waals surface area contributed by atoms with Gasteiger partial charge < -0.3 is 5.32 Å². The molecule has 0 aliphatic heterocycles. The third-order valence-corrected chi connectivity index (χ3v) is 4.69. The van der Waals surface area contributed by atoms with Crippen LogP contribution < -0.4 is 5.32 Å². The van der Waals surface area contributed by atoms with Crippen LogP contribution in [0.4, 0.5) is 0 Å².